The number of aliphatic hydroxyl groups is 1. The zero-order valence-corrected chi connectivity index (χ0v) is 8.49. The summed E-state index contributed by atoms with van der Waals surface area (Å²) in [6.07, 6.45) is 1.50. The van der Waals surface area contributed by atoms with Gasteiger partial charge in [-0.3, -0.25) is 0 Å². The molecule has 13 heavy (non-hydrogen) atoms. The Bertz CT molecular complexity index is 189. The molecule has 1 aliphatic rings. The Morgan fingerprint density at radius 2 is 2.15 bits per heavy atom. The van der Waals surface area contributed by atoms with Gasteiger partial charge >= 0.3 is 0 Å². The standard InChI is InChI=1S/C10H18O3/c1-5-7(2)9-8(6-11)12-10(3,4)13-9/h5,7-9,11H,1,6H2,2-4H3/t7-,8-,9-/m1/s1. The molecule has 1 rings (SSSR count). The van der Waals surface area contributed by atoms with E-state index in [0.29, 0.717) is 0 Å². The molecule has 3 heteroatoms. The predicted molar refractivity (Wildman–Crippen MR) is 50.3 cm³/mol. The lowest BCUT2D eigenvalue weighted by Gasteiger charge is -2.19. The van der Waals surface area contributed by atoms with Gasteiger partial charge in [0.05, 0.1) is 12.7 Å². The topological polar surface area (TPSA) is 38.7 Å². The van der Waals surface area contributed by atoms with Gasteiger partial charge in [-0.15, -0.1) is 6.58 Å². The highest BCUT2D eigenvalue weighted by Crippen LogP contribution is 2.32. The molecule has 0 saturated carbocycles. The number of ether oxygens (including phenoxy) is 2. The Labute approximate surface area is 79.3 Å². The van der Waals surface area contributed by atoms with E-state index in [0.717, 1.165) is 0 Å². The van der Waals surface area contributed by atoms with Crippen molar-refractivity contribution in [1.82, 2.24) is 0 Å². The fourth-order valence-corrected chi connectivity index (χ4v) is 1.58. The lowest BCUT2D eigenvalue weighted by molar-refractivity contribution is -0.151. The van der Waals surface area contributed by atoms with E-state index < -0.39 is 5.79 Å². The normalized spacial score (nSPS) is 34.5. The maximum absolute atomic E-state index is 9.07. The third-order valence-corrected chi connectivity index (χ3v) is 2.29. The SMILES string of the molecule is C=C[C@@H](C)[C@H]1OC(C)(C)O[C@@H]1CO. The average molecular weight is 186 g/mol. The monoisotopic (exact) mass is 186 g/mol. The first-order valence-corrected chi connectivity index (χ1v) is 4.59. The van der Waals surface area contributed by atoms with Crippen molar-refractivity contribution < 1.29 is 14.6 Å². The molecule has 0 aromatic heterocycles. The molecule has 1 saturated heterocycles. The minimum absolute atomic E-state index is 0.00766. The van der Waals surface area contributed by atoms with E-state index in [1.54, 1.807) is 0 Å². The van der Waals surface area contributed by atoms with E-state index in [-0.39, 0.29) is 24.7 Å². The molecule has 1 N–H and O–H groups in total. The quantitative estimate of drug-likeness (QED) is 0.676. The molecule has 1 aliphatic heterocycles. The number of aliphatic hydroxyl groups excluding tert-OH is 1. The van der Waals surface area contributed by atoms with Crippen LogP contribution in [0.25, 0.3) is 0 Å². The summed E-state index contributed by atoms with van der Waals surface area (Å²) in [5.41, 5.74) is 0. The molecule has 0 radical (unpaired) electrons. The molecule has 3 atom stereocenters. The van der Waals surface area contributed by atoms with E-state index in [9.17, 15) is 0 Å². The minimum atomic E-state index is -0.588. The molecule has 0 bridgehead atoms. The van der Waals surface area contributed by atoms with Crippen molar-refractivity contribution in [3.05, 3.63) is 12.7 Å². The molecule has 1 fully saturated rings. The van der Waals surface area contributed by atoms with Crippen LogP contribution in [0.3, 0.4) is 0 Å². The summed E-state index contributed by atoms with van der Waals surface area (Å²) in [5, 5.41) is 9.07. The Balaban J connectivity index is 2.68. The van der Waals surface area contributed by atoms with E-state index >= 15 is 0 Å². The van der Waals surface area contributed by atoms with Gasteiger partial charge in [-0.2, -0.15) is 0 Å². The van der Waals surface area contributed by atoms with Crippen LogP contribution in [0.2, 0.25) is 0 Å². The number of hydrogen-bond donors (Lipinski definition) is 1. The van der Waals surface area contributed by atoms with E-state index in [1.165, 1.54) is 0 Å². The maximum Gasteiger partial charge on any atom is 0.163 e. The fraction of sp³-hybridized carbons (Fsp3) is 0.800. The molecule has 76 valence electrons. The van der Waals surface area contributed by atoms with Gasteiger partial charge in [0.2, 0.25) is 0 Å². The third kappa shape index (κ3) is 2.30. The van der Waals surface area contributed by atoms with Crippen molar-refractivity contribution in [3.8, 4) is 0 Å². The summed E-state index contributed by atoms with van der Waals surface area (Å²) in [4.78, 5) is 0. The van der Waals surface area contributed by atoms with Gasteiger partial charge in [-0.05, 0) is 13.8 Å². The van der Waals surface area contributed by atoms with Crippen LogP contribution in [0.1, 0.15) is 20.8 Å². The minimum Gasteiger partial charge on any atom is -0.394 e. The molecular weight excluding hydrogens is 168 g/mol. The smallest absolute Gasteiger partial charge is 0.163 e. The van der Waals surface area contributed by atoms with Crippen molar-refractivity contribution >= 4 is 0 Å². The molecular formula is C10H18O3. The highest BCUT2D eigenvalue weighted by atomic mass is 16.8. The van der Waals surface area contributed by atoms with Crippen molar-refractivity contribution in [2.75, 3.05) is 6.61 Å². The van der Waals surface area contributed by atoms with Crippen LogP contribution in [0, 0.1) is 5.92 Å². The first-order valence-electron chi connectivity index (χ1n) is 4.59. The summed E-state index contributed by atoms with van der Waals surface area (Å²) < 4.78 is 11.2. The lowest BCUT2D eigenvalue weighted by Crippen LogP contribution is -2.31. The van der Waals surface area contributed by atoms with E-state index in [2.05, 4.69) is 6.58 Å². The number of hydrogen-bond acceptors (Lipinski definition) is 3. The fourth-order valence-electron chi connectivity index (χ4n) is 1.58. The van der Waals surface area contributed by atoms with Gasteiger partial charge in [-0.25, -0.2) is 0 Å². The average Bonchev–Trinajstić information content (AvgIpc) is 2.39. The predicted octanol–water partition coefficient (Wildman–Crippen LogP) is 1.32. The first kappa shape index (κ1) is 10.7. The van der Waals surface area contributed by atoms with Crippen LogP contribution in [-0.4, -0.2) is 29.7 Å². The van der Waals surface area contributed by atoms with Crippen LogP contribution in [0.4, 0.5) is 0 Å². The van der Waals surface area contributed by atoms with Gasteiger partial charge in [0.1, 0.15) is 6.10 Å². The van der Waals surface area contributed by atoms with E-state index in [4.69, 9.17) is 14.6 Å². The second kappa shape index (κ2) is 3.78. The zero-order chi connectivity index (χ0) is 10.1. The summed E-state index contributed by atoms with van der Waals surface area (Å²) in [6.45, 7) is 9.41. The highest BCUT2D eigenvalue weighted by Gasteiger charge is 2.42. The summed E-state index contributed by atoms with van der Waals surface area (Å²) in [5.74, 6) is -0.395. The largest absolute Gasteiger partial charge is 0.394 e. The third-order valence-electron chi connectivity index (χ3n) is 2.29. The molecule has 0 aromatic carbocycles. The number of rotatable bonds is 3. The van der Waals surface area contributed by atoms with Crippen LogP contribution >= 0.6 is 0 Å². The molecule has 0 unspecified atom stereocenters. The van der Waals surface area contributed by atoms with Crippen LogP contribution < -0.4 is 0 Å². The van der Waals surface area contributed by atoms with Crippen molar-refractivity contribution in [3.63, 3.8) is 0 Å². The molecule has 1 heterocycles. The Kier molecular flexibility index (Phi) is 3.11. The molecule has 3 nitrogen and oxygen atoms in total. The molecule has 0 aromatic rings. The Hall–Kier alpha value is -0.380. The second-order valence-electron chi connectivity index (χ2n) is 3.92. The first-order chi connectivity index (χ1) is 6.00. The maximum atomic E-state index is 9.07. The second-order valence-corrected chi connectivity index (χ2v) is 3.92. The highest BCUT2D eigenvalue weighted by molar-refractivity contribution is 4.91. The summed E-state index contributed by atoms with van der Waals surface area (Å²) >= 11 is 0. The van der Waals surface area contributed by atoms with Crippen LogP contribution in [0.15, 0.2) is 12.7 Å². The van der Waals surface area contributed by atoms with Crippen molar-refractivity contribution in [1.29, 1.82) is 0 Å². The van der Waals surface area contributed by atoms with Crippen LogP contribution in [-0.2, 0) is 9.47 Å². The van der Waals surface area contributed by atoms with Crippen LogP contribution in [0.5, 0.6) is 0 Å². The molecule has 0 amide bonds. The van der Waals surface area contributed by atoms with Crippen molar-refractivity contribution in [2.24, 2.45) is 5.92 Å². The van der Waals surface area contributed by atoms with Gasteiger partial charge in [0, 0.05) is 5.92 Å². The Morgan fingerprint density at radius 1 is 1.54 bits per heavy atom. The Morgan fingerprint density at radius 3 is 2.62 bits per heavy atom. The zero-order valence-electron chi connectivity index (χ0n) is 8.49. The van der Waals surface area contributed by atoms with Gasteiger partial charge < -0.3 is 14.6 Å². The molecule has 0 spiro atoms. The van der Waals surface area contributed by atoms with Gasteiger partial charge in [0.15, 0.2) is 5.79 Å². The van der Waals surface area contributed by atoms with Gasteiger partial charge in [0.25, 0.3) is 0 Å². The lowest BCUT2D eigenvalue weighted by atomic mass is 10.0. The summed E-state index contributed by atoms with van der Waals surface area (Å²) in [6, 6.07) is 0. The molecule has 0 aliphatic carbocycles. The van der Waals surface area contributed by atoms with Gasteiger partial charge in [-0.1, -0.05) is 13.0 Å². The van der Waals surface area contributed by atoms with Crippen molar-refractivity contribution in [2.45, 2.75) is 38.8 Å². The van der Waals surface area contributed by atoms with E-state index in [1.807, 2.05) is 26.8 Å². The summed E-state index contributed by atoms with van der Waals surface area (Å²) in [7, 11) is 0.